The van der Waals surface area contributed by atoms with Crippen LogP contribution in [0.25, 0.3) is 0 Å². The molecule has 4 nitrogen and oxygen atoms in total. The Morgan fingerprint density at radius 1 is 0.889 bits per heavy atom. The molecule has 0 aliphatic rings. The highest BCUT2D eigenvalue weighted by molar-refractivity contribution is 9.10. The van der Waals surface area contributed by atoms with Gasteiger partial charge in [-0.3, -0.25) is 4.79 Å². The third-order valence-electron chi connectivity index (χ3n) is 3.85. The fourth-order valence-corrected chi connectivity index (χ4v) is 3.05. The second-order valence-corrected chi connectivity index (χ2v) is 6.83. The Hall–Kier alpha value is -2.79. The van der Waals surface area contributed by atoms with Gasteiger partial charge in [-0.1, -0.05) is 24.3 Å². The van der Waals surface area contributed by atoms with Crippen molar-refractivity contribution in [3.05, 3.63) is 88.4 Å². The summed E-state index contributed by atoms with van der Waals surface area (Å²) in [5, 5.41) is 2.90. The van der Waals surface area contributed by atoms with E-state index >= 15 is 0 Å². The van der Waals surface area contributed by atoms with E-state index in [1.165, 1.54) is 0 Å². The number of aryl methyl sites for hydroxylation is 1. The van der Waals surface area contributed by atoms with Crippen LogP contribution in [0.5, 0.6) is 11.5 Å². The van der Waals surface area contributed by atoms with Crippen LogP contribution >= 0.6 is 15.9 Å². The zero-order valence-corrected chi connectivity index (χ0v) is 16.5. The molecule has 0 fully saturated rings. The Balaban J connectivity index is 1.49. The van der Waals surface area contributed by atoms with Crippen molar-refractivity contribution in [2.45, 2.75) is 6.92 Å². The summed E-state index contributed by atoms with van der Waals surface area (Å²) in [6.45, 7) is 2.88. The molecule has 0 atom stereocenters. The Morgan fingerprint density at radius 3 is 2.15 bits per heavy atom. The fraction of sp³-hybridized carbons (Fsp3) is 0.136. The Kier molecular flexibility index (Phi) is 6.49. The molecule has 0 aromatic heterocycles. The average Bonchev–Trinajstić information content (AvgIpc) is 2.69. The van der Waals surface area contributed by atoms with Gasteiger partial charge in [-0.05, 0) is 76.9 Å². The van der Waals surface area contributed by atoms with Gasteiger partial charge in [-0.2, -0.15) is 0 Å². The molecular weight excluding hydrogens is 406 g/mol. The molecule has 1 amide bonds. The number of carbonyl (C=O) groups excluding carboxylic acids is 1. The van der Waals surface area contributed by atoms with Crippen LogP contribution in [0.2, 0.25) is 0 Å². The summed E-state index contributed by atoms with van der Waals surface area (Å²) in [7, 11) is 0. The molecule has 0 aliphatic heterocycles. The number of nitrogens with one attached hydrogen (secondary N) is 1. The van der Waals surface area contributed by atoms with Gasteiger partial charge in [-0.15, -0.1) is 0 Å². The maximum atomic E-state index is 12.4. The second kappa shape index (κ2) is 9.24. The lowest BCUT2D eigenvalue weighted by molar-refractivity contribution is 0.102. The van der Waals surface area contributed by atoms with E-state index in [1.54, 1.807) is 24.3 Å². The first-order valence-corrected chi connectivity index (χ1v) is 9.39. The van der Waals surface area contributed by atoms with E-state index in [1.807, 2.05) is 55.5 Å². The van der Waals surface area contributed by atoms with Gasteiger partial charge in [0.15, 0.2) is 0 Å². The van der Waals surface area contributed by atoms with Crippen LogP contribution in [-0.2, 0) is 0 Å². The SMILES string of the molecule is Cc1ccc(NC(=O)c2ccc(OCCOc3ccccc3)cc2)c(Br)c1. The zero-order chi connectivity index (χ0) is 19.1. The van der Waals surface area contributed by atoms with Gasteiger partial charge < -0.3 is 14.8 Å². The Morgan fingerprint density at radius 2 is 1.52 bits per heavy atom. The van der Waals surface area contributed by atoms with Gasteiger partial charge in [0, 0.05) is 10.0 Å². The van der Waals surface area contributed by atoms with E-state index < -0.39 is 0 Å². The van der Waals surface area contributed by atoms with Gasteiger partial charge in [-0.25, -0.2) is 0 Å². The molecule has 3 rings (SSSR count). The molecule has 3 aromatic rings. The largest absolute Gasteiger partial charge is 0.490 e. The molecule has 1 N–H and O–H groups in total. The molecule has 27 heavy (non-hydrogen) atoms. The normalized spacial score (nSPS) is 10.3. The Bertz CT molecular complexity index is 895. The zero-order valence-electron chi connectivity index (χ0n) is 14.9. The molecular formula is C22H20BrNO3. The van der Waals surface area contributed by atoms with E-state index in [-0.39, 0.29) is 5.91 Å². The van der Waals surface area contributed by atoms with Crippen LogP contribution in [0.15, 0.2) is 77.3 Å². The number of ether oxygens (including phenoxy) is 2. The first-order chi connectivity index (χ1) is 13.1. The molecule has 0 radical (unpaired) electrons. The number of hydrogen-bond donors (Lipinski definition) is 1. The van der Waals surface area contributed by atoms with Crippen molar-refractivity contribution < 1.29 is 14.3 Å². The lowest BCUT2D eigenvalue weighted by Crippen LogP contribution is -2.12. The molecule has 3 aromatic carbocycles. The topological polar surface area (TPSA) is 47.6 Å². The number of para-hydroxylation sites is 1. The molecule has 0 unspecified atom stereocenters. The third kappa shape index (κ3) is 5.59. The summed E-state index contributed by atoms with van der Waals surface area (Å²) in [5.41, 5.74) is 2.43. The van der Waals surface area contributed by atoms with Gasteiger partial charge in [0.2, 0.25) is 0 Å². The van der Waals surface area contributed by atoms with Crippen molar-refractivity contribution in [1.82, 2.24) is 0 Å². The molecule has 0 spiro atoms. The van der Waals surface area contributed by atoms with Crippen molar-refractivity contribution in [3.8, 4) is 11.5 Å². The highest BCUT2D eigenvalue weighted by atomic mass is 79.9. The first kappa shape index (κ1) is 19.0. The number of anilines is 1. The van der Waals surface area contributed by atoms with Gasteiger partial charge in [0.25, 0.3) is 5.91 Å². The summed E-state index contributed by atoms with van der Waals surface area (Å²) < 4.78 is 12.1. The van der Waals surface area contributed by atoms with Crippen LogP contribution in [0, 0.1) is 6.92 Å². The number of benzene rings is 3. The van der Waals surface area contributed by atoms with Crippen molar-refractivity contribution in [2.24, 2.45) is 0 Å². The standard InChI is InChI=1S/C22H20BrNO3/c1-16-7-12-21(20(23)15-16)24-22(25)17-8-10-19(11-9-17)27-14-13-26-18-5-3-2-4-6-18/h2-12,15H,13-14H2,1H3,(H,24,25). The van der Waals surface area contributed by atoms with E-state index in [4.69, 9.17) is 9.47 Å². The summed E-state index contributed by atoms with van der Waals surface area (Å²) in [4.78, 5) is 12.4. The summed E-state index contributed by atoms with van der Waals surface area (Å²) in [6.07, 6.45) is 0. The van der Waals surface area contributed by atoms with Crippen LogP contribution in [0.3, 0.4) is 0 Å². The van der Waals surface area contributed by atoms with E-state index in [2.05, 4.69) is 21.2 Å². The maximum absolute atomic E-state index is 12.4. The van der Waals surface area contributed by atoms with Gasteiger partial charge >= 0.3 is 0 Å². The number of halogens is 1. The van der Waals surface area contributed by atoms with Crippen molar-refractivity contribution >= 4 is 27.5 Å². The second-order valence-electron chi connectivity index (χ2n) is 5.97. The number of rotatable bonds is 7. The quantitative estimate of drug-likeness (QED) is 0.510. The monoisotopic (exact) mass is 425 g/mol. The van der Waals surface area contributed by atoms with E-state index in [0.717, 1.165) is 21.5 Å². The highest BCUT2D eigenvalue weighted by Gasteiger charge is 2.08. The Labute approximate surface area is 167 Å². The minimum atomic E-state index is -0.168. The molecule has 0 bridgehead atoms. The van der Waals surface area contributed by atoms with E-state index in [0.29, 0.717) is 24.5 Å². The average molecular weight is 426 g/mol. The summed E-state index contributed by atoms with van der Waals surface area (Å²) in [6, 6.07) is 22.4. The lowest BCUT2D eigenvalue weighted by atomic mass is 10.2. The van der Waals surface area contributed by atoms with Gasteiger partial charge in [0.05, 0.1) is 5.69 Å². The van der Waals surface area contributed by atoms with Crippen molar-refractivity contribution in [1.29, 1.82) is 0 Å². The number of hydrogen-bond acceptors (Lipinski definition) is 3. The van der Waals surface area contributed by atoms with Crippen LogP contribution in [0.4, 0.5) is 5.69 Å². The van der Waals surface area contributed by atoms with Gasteiger partial charge in [0.1, 0.15) is 24.7 Å². The minimum absolute atomic E-state index is 0.168. The highest BCUT2D eigenvalue weighted by Crippen LogP contribution is 2.24. The fourth-order valence-electron chi connectivity index (χ4n) is 2.45. The predicted molar refractivity (Wildman–Crippen MR) is 111 cm³/mol. The van der Waals surface area contributed by atoms with Crippen LogP contribution < -0.4 is 14.8 Å². The maximum Gasteiger partial charge on any atom is 0.255 e. The lowest BCUT2D eigenvalue weighted by Gasteiger charge is -2.10. The van der Waals surface area contributed by atoms with E-state index in [9.17, 15) is 4.79 Å². The van der Waals surface area contributed by atoms with Crippen molar-refractivity contribution in [2.75, 3.05) is 18.5 Å². The van der Waals surface area contributed by atoms with Crippen LogP contribution in [-0.4, -0.2) is 19.1 Å². The van der Waals surface area contributed by atoms with Crippen LogP contribution in [0.1, 0.15) is 15.9 Å². The first-order valence-electron chi connectivity index (χ1n) is 8.60. The third-order valence-corrected chi connectivity index (χ3v) is 4.51. The molecule has 0 heterocycles. The smallest absolute Gasteiger partial charge is 0.255 e. The number of amides is 1. The minimum Gasteiger partial charge on any atom is -0.490 e. The molecule has 0 aliphatic carbocycles. The molecule has 0 saturated heterocycles. The number of carbonyl (C=O) groups is 1. The van der Waals surface area contributed by atoms with Crippen molar-refractivity contribution in [3.63, 3.8) is 0 Å². The summed E-state index contributed by atoms with van der Waals surface area (Å²) >= 11 is 3.47. The molecule has 138 valence electrons. The molecule has 0 saturated carbocycles. The molecule has 5 heteroatoms. The summed E-state index contributed by atoms with van der Waals surface area (Å²) in [5.74, 6) is 1.34. The predicted octanol–water partition coefficient (Wildman–Crippen LogP) is 5.47.